The van der Waals surface area contributed by atoms with Crippen LogP contribution in [0.4, 0.5) is 4.79 Å². The van der Waals surface area contributed by atoms with Gasteiger partial charge in [0.2, 0.25) is 0 Å². The van der Waals surface area contributed by atoms with Gasteiger partial charge in [0.15, 0.2) is 0 Å². The number of fused-ring (bicyclic) bond motifs is 3. The molecule has 0 aliphatic heterocycles. The van der Waals surface area contributed by atoms with Gasteiger partial charge in [-0.2, -0.15) is 0 Å². The zero-order chi connectivity index (χ0) is 22.0. The Kier molecular flexibility index (Phi) is 6.13. The summed E-state index contributed by atoms with van der Waals surface area (Å²) in [6.45, 7) is -0.0721. The van der Waals surface area contributed by atoms with Gasteiger partial charge in [0.05, 0.1) is 5.02 Å². The van der Waals surface area contributed by atoms with Crippen molar-refractivity contribution in [3.63, 3.8) is 0 Å². The lowest BCUT2D eigenvalue weighted by molar-refractivity contribution is 0.0186. The highest BCUT2D eigenvalue weighted by Crippen LogP contribution is 2.44. The number of hydrogen-bond acceptors (Lipinski definition) is 5. The minimum atomic E-state index is -1.33. The Morgan fingerprint density at radius 1 is 1.00 bits per heavy atom. The second kappa shape index (κ2) is 8.98. The summed E-state index contributed by atoms with van der Waals surface area (Å²) in [4.78, 5) is 12.2. The fraction of sp³-hybridized carbons (Fsp3) is 0.208. The summed E-state index contributed by atoms with van der Waals surface area (Å²) in [5.41, 5.74) is 4.73. The lowest BCUT2D eigenvalue weighted by Gasteiger charge is -2.20. The number of aliphatic hydroxyl groups is 2. The fourth-order valence-electron chi connectivity index (χ4n) is 3.91. The SMILES string of the molecule is O=C(NCC(O)C(O)c1ccc(O)cc1Cl)OCC1c2ccccc2-c2ccccc21. The van der Waals surface area contributed by atoms with E-state index in [0.29, 0.717) is 0 Å². The molecule has 0 radical (unpaired) electrons. The number of amides is 1. The number of aliphatic hydroxyl groups excluding tert-OH is 2. The van der Waals surface area contributed by atoms with E-state index in [9.17, 15) is 20.1 Å². The number of phenolic OH excluding ortho intramolecular Hbond substituents is 1. The van der Waals surface area contributed by atoms with Crippen LogP contribution < -0.4 is 5.32 Å². The maximum Gasteiger partial charge on any atom is 0.407 e. The second-order valence-electron chi connectivity index (χ2n) is 7.42. The Morgan fingerprint density at radius 2 is 1.61 bits per heavy atom. The van der Waals surface area contributed by atoms with Crippen molar-refractivity contribution in [2.75, 3.05) is 13.2 Å². The Morgan fingerprint density at radius 3 is 2.23 bits per heavy atom. The van der Waals surface area contributed by atoms with Gasteiger partial charge < -0.3 is 25.4 Å². The van der Waals surface area contributed by atoms with Crippen LogP contribution in [0.3, 0.4) is 0 Å². The monoisotopic (exact) mass is 439 g/mol. The van der Waals surface area contributed by atoms with Crippen LogP contribution in [0.2, 0.25) is 5.02 Å². The van der Waals surface area contributed by atoms with Gasteiger partial charge in [0.1, 0.15) is 24.6 Å². The first-order valence-electron chi connectivity index (χ1n) is 9.89. The molecule has 31 heavy (non-hydrogen) atoms. The van der Waals surface area contributed by atoms with Gasteiger partial charge in [-0.1, -0.05) is 66.2 Å². The number of aromatic hydroxyl groups is 1. The molecule has 0 bridgehead atoms. The Labute approximate surface area is 184 Å². The molecule has 0 saturated heterocycles. The zero-order valence-corrected chi connectivity index (χ0v) is 17.3. The third kappa shape index (κ3) is 4.37. The summed E-state index contributed by atoms with van der Waals surface area (Å²) in [5.74, 6) is -0.114. The minimum absolute atomic E-state index is 0.0489. The van der Waals surface area contributed by atoms with Crippen molar-refractivity contribution in [2.24, 2.45) is 0 Å². The maximum atomic E-state index is 12.2. The van der Waals surface area contributed by atoms with E-state index in [1.807, 2.05) is 36.4 Å². The number of benzene rings is 3. The smallest absolute Gasteiger partial charge is 0.407 e. The standard InChI is InChI=1S/C24H22ClNO5/c25-21-11-14(27)9-10-19(21)23(29)22(28)12-26-24(30)31-13-20-17-7-3-1-5-15(17)16-6-2-4-8-18(16)20/h1-11,20,22-23,27-29H,12-13H2,(H,26,30). The molecule has 3 aromatic rings. The summed E-state index contributed by atoms with van der Waals surface area (Å²) in [7, 11) is 0. The molecule has 4 rings (SSSR count). The highest BCUT2D eigenvalue weighted by atomic mass is 35.5. The number of halogens is 1. The lowest BCUT2D eigenvalue weighted by atomic mass is 9.98. The van der Waals surface area contributed by atoms with Crippen LogP contribution >= 0.6 is 11.6 Å². The molecule has 1 aliphatic rings. The molecule has 0 fully saturated rings. The molecule has 7 heteroatoms. The molecule has 1 amide bonds. The van der Waals surface area contributed by atoms with Crippen LogP contribution in [0, 0.1) is 0 Å². The molecular formula is C24H22ClNO5. The van der Waals surface area contributed by atoms with Crippen molar-refractivity contribution in [2.45, 2.75) is 18.1 Å². The van der Waals surface area contributed by atoms with Crippen LogP contribution in [-0.2, 0) is 4.74 Å². The predicted molar refractivity (Wildman–Crippen MR) is 117 cm³/mol. The molecule has 0 heterocycles. The van der Waals surface area contributed by atoms with Gasteiger partial charge in [-0.05, 0) is 34.4 Å². The first-order valence-corrected chi connectivity index (χ1v) is 10.3. The van der Waals surface area contributed by atoms with Gasteiger partial charge in [0.25, 0.3) is 0 Å². The number of carbonyl (C=O) groups excluding carboxylic acids is 1. The highest BCUT2D eigenvalue weighted by molar-refractivity contribution is 6.31. The van der Waals surface area contributed by atoms with Crippen LogP contribution in [0.1, 0.15) is 28.7 Å². The minimum Gasteiger partial charge on any atom is -0.508 e. The van der Waals surface area contributed by atoms with E-state index in [2.05, 4.69) is 17.4 Å². The van der Waals surface area contributed by atoms with Crippen molar-refractivity contribution in [1.29, 1.82) is 0 Å². The summed E-state index contributed by atoms with van der Waals surface area (Å²) in [6, 6.07) is 20.1. The maximum absolute atomic E-state index is 12.2. The molecule has 0 saturated carbocycles. The number of hydrogen-bond donors (Lipinski definition) is 4. The molecule has 0 aromatic heterocycles. The Hall–Kier alpha value is -3.06. The Bertz CT molecular complexity index is 1060. The average molecular weight is 440 g/mol. The first-order chi connectivity index (χ1) is 15.0. The van der Waals surface area contributed by atoms with Crippen LogP contribution in [0.25, 0.3) is 11.1 Å². The lowest BCUT2D eigenvalue weighted by Crippen LogP contribution is -2.36. The van der Waals surface area contributed by atoms with Crippen molar-refractivity contribution >= 4 is 17.7 Å². The number of alkyl carbamates (subject to hydrolysis) is 1. The van der Waals surface area contributed by atoms with Gasteiger partial charge in [-0.15, -0.1) is 0 Å². The van der Waals surface area contributed by atoms with E-state index >= 15 is 0 Å². The fourth-order valence-corrected chi connectivity index (χ4v) is 4.20. The number of phenols is 1. The van der Waals surface area contributed by atoms with Crippen LogP contribution in [0.5, 0.6) is 5.75 Å². The molecule has 0 spiro atoms. The van der Waals surface area contributed by atoms with E-state index in [4.69, 9.17) is 16.3 Å². The summed E-state index contributed by atoms with van der Waals surface area (Å²) in [6.07, 6.45) is -3.32. The van der Waals surface area contributed by atoms with Crippen LogP contribution in [-0.4, -0.2) is 40.7 Å². The normalized spacial score (nSPS) is 14.4. The number of ether oxygens (including phenoxy) is 1. The largest absolute Gasteiger partial charge is 0.508 e. The molecule has 160 valence electrons. The van der Waals surface area contributed by atoms with Crippen molar-refractivity contribution in [3.05, 3.63) is 88.4 Å². The summed E-state index contributed by atoms with van der Waals surface area (Å²) in [5, 5.41) is 32.5. The van der Waals surface area contributed by atoms with E-state index < -0.39 is 18.3 Å². The molecule has 4 N–H and O–H groups in total. The molecule has 1 aliphatic carbocycles. The van der Waals surface area contributed by atoms with Gasteiger partial charge in [0, 0.05) is 18.0 Å². The zero-order valence-electron chi connectivity index (χ0n) is 16.5. The van der Waals surface area contributed by atoms with E-state index in [0.717, 1.165) is 22.3 Å². The third-order valence-corrected chi connectivity index (χ3v) is 5.79. The summed E-state index contributed by atoms with van der Waals surface area (Å²) >= 11 is 5.99. The first kappa shape index (κ1) is 21.2. The molecule has 6 nitrogen and oxygen atoms in total. The topological polar surface area (TPSA) is 99.0 Å². The molecule has 2 atom stereocenters. The molecule has 2 unspecified atom stereocenters. The highest BCUT2D eigenvalue weighted by Gasteiger charge is 2.29. The Balaban J connectivity index is 1.35. The summed E-state index contributed by atoms with van der Waals surface area (Å²) < 4.78 is 5.41. The third-order valence-electron chi connectivity index (χ3n) is 5.47. The van der Waals surface area contributed by atoms with Crippen molar-refractivity contribution < 1.29 is 24.9 Å². The quantitative estimate of drug-likeness (QED) is 0.465. The predicted octanol–water partition coefficient (Wildman–Crippen LogP) is 3.98. The van der Waals surface area contributed by atoms with E-state index in [1.165, 1.54) is 18.2 Å². The number of rotatable bonds is 6. The molecular weight excluding hydrogens is 418 g/mol. The van der Waals surface area contributed by atoms with Gasteiger partial charge >= 0.3 is 6.09 Å². The van der Waals surface area contributed by atoms with E-state index in [-0.39, 0.29) is 35.4 Å². The number of nitrogens with one attached hydrogen (secondary N) is 1. The molecule has 3 aromatic carbocycles. The van der Waals surface area contributed by atoms with E-state index in [1.54, 1.807) is 0 Å². The second-order valence-corrected chi connectivity index (χ2v) is 7.83. The van der Waals surface area contributed by atoms with Crippen molar-refractivity contribution in [1.82, 2.24) is 5.32 Å². The van der Waals surface area contributed by atoms with Gasteiger partial charge in [-0.3, -0.25) is 0 Å². The van der Waals surface area contributed by atoms with Crippen LogP contribution in [0.15, 0.2) is 66.7 Å². The van der Waals surface area contributed by atoms with Crippen molar-refractivity contribution in [3.8, 4) is 16.9 Å². The number of carbonyl (C=O) groups is 1. The van der Waals surface area contributed by atoms with Gasteiger partial charge in [-0.25, -0.2) is 4.79 Å². The average Bonchev–Trinajstić information content (AvgIpc) is 3.09.